The van der Waals surface area contributed by atoms with E-state index in [-0.39, 0.29) is 18.3 Å². The van der Waals surface area contributed by atoms with E-state index >= 15 is 0 Å². The third-order valence-corrected chi connectivity index (χ3v) is 5.74. The summed E-state index contributed by atoms with van der Waals surface area (Å²) in [6.07, 6.45) is 0.878. The number of ether oxygens (including phenoxy) is 1. The number of carbonyl (C=O) groups excluding carboxylic acids is 2. The van der Waals surface area contributed by atoms with E-state index in [0.29, 0.717) is 17.4 Å². The number of hydrogen-bond donors (Lipinski definition) is 0. The van der Waals surface area contributed by atoms with Crippen LogP contribution in [-0.4, -0.2) is 30.3 Å². The Bertz CT molecular complexity index is 964. The summed E-state index contributed by atoms with van der Waals surface area (Å²) in [6.45, 7) is 2.44. The topological polar surface area (TPSA) is 59.8 Å². The average Bonchev–Trinajstić information content (AvgIpc) is 3.04. The second-order valence-corrected chi connectivity index (χ2v) is 7.94. The number of nitrogens with zero attached hydrogens (tertiary/aromatic N) is 1. The number of anilines is 1. The fourth-order valence-corrected chi connectivity index (χ4v) is 4.22. The minimum Gasteiger partial charge on any atom is -0.450 e. The summed E-state index contributed by atoms with van der Waals surface area (Å²) < 4.78 is 10.7. The van der Waals surface area contributed by atoms with Crippen molar-refractivity contribution in [2.24, 2.45) is 0 Å². The highest BCUT2D eigenvalue weighted by Gasteiger charge is 2.25. The van der Waals surface area contributed by atoms with Gasteiger partial charge < -0.3 is 14.1 Å². The molecule has 0 radical (unpaired) electrons. The van der Waals surface area contributed by atoms with Gasteiger partial charge in [-0.05, 0) is 30.7 Å². The Labute approximate surface area is 161 Å². The summed E-state index contributed by atoms with van der Waals surface area (Å²) in [6, 6.07) is 16.8. The van der Waals surface area contributed by atoms with Crippen LogP contribution in [0.5, 0.6) is 0 Å². The fourth-order valence-electron chi connectivity index (χ4n) is 3.10. The van der Waals surface area contributed by atoms with E-state index in [2.05, 4.69) is 6.92 Å². The van der Waals surface area contributed by atoms with Crippen LogP contribution in [-0.2, 0) is 9.53 Å². The lowest BCUT2D eigenvalue weighted by Gasteiger charge is -2.22. The van der Waals surface area contributed by atoms with Crippen LogP contribution < -0.4 is 4.90 Å². The maximum absolute atomic E-state index is 12.7. The van der Waals surface area contributed by atoms with Crippen LogP contribution in [0.2, 0.25) is 0 Å². The third-order valence-electron chi connectivity index (χ3n) is 4.50. The molecule has 4 rings (SSSR count). The van der Waals surface area contributed by atoms with Crippen LogP contribution in [0.3, 0.4) is 0 Å². The molecule has 2 aromatic carbocycles. The molecule has 0 aliphatic carbocycles. The van der Waals surface area contributed by atoms with Crippen molar-refractivity contribution in [3.63, 3.8) is 0 Å². The summed E-state index contributed by atoms with van der Waals surface area (Å²) in [5.74, 6) is -0.767. The highest BCUT2D eigenvalue weighted by molar-refractivity contribution is 8.00. The molecule has 0 saturated carbocycles. The number of thioether (sulfide) groups is 1. The highest BCUT2D eigenvalue weighted by Crippen LogP contribution is 2.37. The first-order valence-corrected chi connectivity index (χ1v) is 9.71. The van der Waals surface area contributed by atoms with Crippen molar-refractivity contribution in [1.82, 2.24) is 0 Å². The smallest absolute Gasteiger partial charge is 0.374 e. The molecule has 1 aromatic heterocycles. The van der Waals surface area contributed by atoms with Crippen LogP contribution in [0.4, 0.5) is 5.69 Å². The largest absolute Gasteiger partial charge is 0.450 e. The molecule has 0 fully saturated rings. The van der Waals surface area contributed by atoms with Crippen LogP contribution in [0.15, 0.2) is 63.9 Å². The standard InChI is InChI=1S/C21H19NO4S/c1-14-10-11-22(16-7-3-5-9-19(16)27-14)20(23)13-25-21(24)18-12-15-6-2-4-8-17(15)26-18/h2-9,12,14H,10-11,13H2,1H3/t14-/m1/s1. The van der Waals surface area contributed by atoms with Crippen molar-refractivity contribution < 1.29 is 18.7 Å². The second-order valence-electron chi connectivity index (χ2n) is 6.45. The molecule has 138 valence electrons. The number of para-hydroxylation sites is 2. The molecule has 0 unspecified atom stereocenters. The molecule has 6 heteroatoms. The Morgan fingerprint density at radius 1 is 1.19 bits per heavy atom. The van der Waals surface area contributed by atoms with Gasteiger partial charge in [-0.2, -0.15) is 0 Å². The molecule has 1 aliphatic heterocycles. The summed E-state index contributed by atoms with van der Waals surface area (Å²) in [4.78, 5) is 27.8. The normalized spacial score (nSPS) is 16.6. The van der Waals surface area contributed by atoms with Gasteiger partial charge in [-0.1, -0.05) is 37.3 Å². The SMILES string of the molecule is C[C@@H]1CCN(C(=O)COC(=O)c2cc3ccccc3o2)c2ccccc2S1. The van der Waals surface area contributed by atoms with Gasteiger partial charge in [0, 0.05) is 22.1 Å². The molecule has 0 bridgehead atoms. The summed E-state index contributed by atoms with van der Waals surface area (Å²) in [5, 5.41) is 1.24. The molecule has 1 atom stereocenters. The lowest BCUT2D eigenvalue weighted by molar-refractivity contribution is -0.121. The maximum atomic E-state index is 12.7. The van der Waals surface area contributed by atoms with Crippen molar-refractivity contribution in [3.05, 3.63) is 60.4 Å². The average molecular weight is 381 g/mol. The van der Waals surface area contributed by atoms with Crippen molar-refractivity contribution in [2.45, 2.75) is 23.5 Å². The summed E-state index contributed by atoms with van der Waals surface area (Å²) in [7, 11) is 0. The van der Waals surface area contributed by atoms with Gasteiger partial charge in [0.25, 0.3) is 5.91 Å². The number of amides is 1. The lowest BCUT2D eigenvalue weighted by Crippen LogP contribution is -2.35. The number of fused-ring (bicyclic) bond motifs is 2. The molecule has 2 heterocycles. The number of benzene rings is 2. The Balaban J connectivity index is 1.46. The van der Waals surface area contributed by atoms with E-state index in [1.165, 1.54) is 0 Å². The maximum Gasteiger partial charge on any atom is 0.374 e. The Kier molecular flexibility index (Phi) is 4.90. The predicted molar refractivity (Wildman–Crippen MR) is 105 cm³/mol. The van der Waals surface area contributed by atoms with Gasteiger partial charge in [-0.15, -0.1) is 11.8 Å². The molecule has 0 spiro atoms. The van der Waals surface area contributed by atoms with E-state index in [9.17, 15) is 9.59 Å². The molecule has 1 aliphatic rings. The van der Waals surface area contributed by atoms with Gasteiger partial charge in [0.2, 0.25) is 5.76 Å². The number of hydrogen-bond acceptors (Lipinski definition) is 5. The van der Waals surface area contributed by atoms with Gasteiger partial charge in [0.1, 0.15) is 5.58 Å². The van der Waals surface area contributed by atoms with E-state index in [1.807, 2.05) is 42.5 Å². The number of rotatable bonds is 3. The van der Waals surface area contributed by atoms with Gasteiger partial charge >= 0.3 is 5.97 Å². The molecule has 5 nitrogen and oxygen atoms in total. The van der Waals surface area contributed by atoms with Crippen LogP contribution in [0.1, 0.15) is 23.9 Å². The second kappa shape index (κ2) is 7.48. The first-order chi connectivity index (χ1) is 13.1. The van der Waals surface area contributed by atoms with E-state index < -0.39 is 5.97 Å². The van der Waals surface area contributed by atoms with Crippen LogP contribution >= 0.6 is 11.8 Å². The summed E-state index contributed by atoms with van der Waals surface area (Å²) >= 11 is 1.76. The first-order valence-electron chi connectivity index (χ1n) is 8.83. The van der Waals surface area contributed by atoms with Crippen molar-refractivity contribution >= 4 is 40.3 Å². The summed E-state index contributed by atoms with van der Waals surface area (Å²) in [5.41, 5.74) is 1.49. The minimum absolute atomic E-state index is 0.101. The zero-order chi connectivity index (χ0) is 18.8. The van der Waals surface area contributed by atoms with E-state index in [4.69, 9.17) is 9.15 Å². The number of furan rings is 1. The van der Waals surface area contributed by atoms with Gasteiger partial charge in [-0.3, -0.25) is 4.79 Å². The molecular formula is C21H19NO4S. The molecule has 1 amide bonds. The Hall–Kier alpha value is -2.73. The monoisotopic (exact) mass is 381 g/mol. The van der Waals surface area contributed by atoms with Gasteiger partial charge in [0.05, 0.1) is 5.69 Å². The predicted octanol–water partition coefficient (Wildman–Crippen LogP) is 4.51. The Morgan fingerprint density at radius 2 is 1.96 bits per heavy atom. The van der Waals surface area contributed by atoms with Crippen LogP contribution in [0, 0.1) is 0 Å². The third kappa shape index (κ3) is 3.71. The zero-order valence-corrected chi connectivity index (χ0v) is 15.7. The first kappa shape index (κ1) is 17.7. The molecule has 3 aromatic rings. The molecule has 0 N–H and O–H groups in total. The van der Waals surface area contributed by atoms with Gasteiger partial charge in [-0.25, -0.2) is 4.79 Å². The van der Waals surface area contributed by atoms with Crippen molar-refractivity contribution in [1.29, 1.82) is 0 Å². The quantitative estimate of drug-likeness (QED) is 0.625. The fraction of sp³-hybridized carbons (Fsp3) is 0.238. The minimum atomic E-state index is -0.634. The van der Waals surface area contributed by atoms with Crippen LogP contribution in [0.25, 0.3) is 11.0 Å². The van der Waals surface area contributed by atoms with Crippen molar-refractivity contribution in [3.8, 4) is 0 Å². The zero-order valence-electron chi connectivity index (χ0n) is 14.9. The Morgan fingerprint density at radius 3 is 2.81 bits per heavy atom. The van der Waals surface area contributed by atoms with E-state index in [1.54, 1.807) is 28.8 Å². The number of esters is 1. The molecule has 0 saturated heterocycles. The van der Waals surface area contributed by atoms with Crippen molar-refractivity contribution in [2.75, 3.05) is 18.1 Å². The number of carbonyl (C=O) groups is 2. The molecule has 27 heavy (non-hydrogen) atoms. The lowest BCUT2D eigenvalue weighted by atomic mass is 10.2. The van der Waals surface area contributed by atoms with E-state index in [0.717, 1.165) is 22.4 Å². The highest BCUT2D eigenvalue weighted by atomic mass is 32.2. The van der Waals surface area contributed by atoms with Gasteiger partial charge in [0.15, 0.2) is 6.61 Å². The molecular weight excluding hydrogens is 362 g/mol.